The molecule has 6 unspecified atom stereocenters. The Morgan fingerprint density at radius 3 is 2.43 bits per heavy atom. The number of aliphatic hydroxyl groups is 2. The van der Waals surface area contributed by atoms with Crippen molar-refractivity contribution in [3.8, 4) is 0 Å². The number of aliphatic hydroxyl groups excluding tert-OH is 2. The van der Waals surface area contributed by atoms with Crippen LogP contribution < -0.4 is 9.58 Å². The molecule has 0 bridgehead atoms. The molecule has 2 aromatic heterocycles. The van der Waals surface area contributed by atoms with E-state index in [2.05, 4.69) is 28.2 Å². The Labute approximate surface area is 196 Å². The molecule has 2 aliphatic rings. The number of anilines is 1. The van der Waals surface area contributed by atoms with Crippen LogP contribution in [0.3, 0.4) is 0 Å². The predicted molar refractivity (Wildman–Crippen MR) is 114 cm³/mol. The average Bonchev–Trinajstić information content (AvgIpc) is 3.21. The first-order chi connectivity index (χ1) is 16.1. The minimum absolute atomic E-state index is 0.0211. The highest BCUT2D eigenvalue weighted by atomic mass is 31.3. The van der Waals surface area contributed by atoms with Crippen molar-refractivity contribution in [2.24, 2.45) is 11.0 Å². The Kier molecular flexibility index (Phi) is 6.81. The molecule has 1 saturated carbocycles. The fourth-order valence-electron chi connectivity index (χ4n) is 4.07. The summed E-state index contributed by atoms with van der Waals surface area (Å²) in [5.74, 6) is 0.155. The van der Waals surface area contributed by atoms with Crippen molar-refractivity contribution in [3.63, 3.8) is 0 Å². The van der Waals surface area contributed by atoms with Gasteiger partial charge in [-0.05, 0) is 11.5 Å². The van der Waals surface area contributed by atoms with E-state index in [1.165, 1.54) is 6.33 Å². The van der Waals surface area contributed by atoms with Crippen LogP contribution in [0.5, 0.6) is 0 Å². The molecule has 6 atom stereocenters. The molecule has 2 aromatic rings. The molecule has 35 heavy (non-hydrogen) atoms. The maximum absolute atomic E-state index is 12.0. The number of imidazole rings is 1. The van der Waals surface area contributed by atoms with Crippen molar-refractivity contribution in [3.05, 3.63) is 12.7 Å². The number of rotatable bonds is 8. The molecule has 0 saturated heterocycles. The van der Waals surface area contributed by atoms with E-state index in [1.807, 2.05) is 0 Å². The quantitative estimate of drug-likeness (QED) is 0.167. The Hall–Kier alpha value is -1.65. The molecule has 1 fully saturated rings. The number of hydrogen-bond donors (Lipinski definition) is 6. The van der Waals surface area contributed by atoms with Crippen molar-refractivity contribution < 1.29 is 61.2 Å². The summed E-state index contributed by atoms with van der Waals surface area (Å²) >= 11 is 0. The maximum atomic E-state index is 12.0. The normalized spacial score (nSPS) is 28.1. The molecule has 6 N–H and O–H groups in total. The standard InChI is InChI=1S/C14H21N6O12P3/c1-7-17-18(2)13-10-14(16-5-15-13)20(6-19(7)10)9-3-8(11(21)12(9)22)4-30-34(26,27)32-35(28,29)31-33(23,24)25/h5-6,8-9,11-12,21-22H,3-4H2,1-2H3,(H3-,23,24,25,26,27,28,29)/p+1. The minimum atomic E-state index is -5.67. The smallest absolute Gasteiger partial charge is 0.390 e. The van der Waals surface area contributed by atoms with Crippen molar-refractivity contribution >= 4 is 46.3 Å². The topological polar surface area (TPSA) is 250 Å². The van der Waals surface area contributed by atoms with Crippen LogP contribution in [-0.2, 0) is 26.8 Å². The lowest BCUT2D eigenvalue weighted by Gasteiger charge is -2.19. The summed E-state index contributed by atoms with van der Waals surface area (Å²) in [5, 5.41) is 27.1. The number of phosphoric ester groups is 1. The van der Waals surface area contributed by atoms with E-state index in [1.54, 1.807) is 34.4 Å². The van der Waals surface area contributed by atoms with E-state index < -0.39 is 54.2 Å². The van der Waals surface area contributed by atoms with E-state index in [9.17, 15) is 33.7 Å². The number of phosphoric acid groups is 3. The summed E-state index contributed by atoms with van der Waals surface area (Å²) in [4.78, 5) is 44.6. The van der Waals surface area contributed by atoms with Crippen molar-refractivity contribution in [2.45, 2.75) is 31.6 Å². The Morgan fingerprint density at radius 1 is 1.09 bits per heavy atom. The SMILES string of the molecule is CC1=NN(C)c2ncnc3c2[n+]1cn3C1CC(COP(=O)(O)OP(=O)(O)OP(=O)(O)O)C(O)C1O. The summed E-state index contributed by atoms with van der Waals surface area (Å²) in [7, 11) is -14.9. The van der Waals surface area contributed by atoms with Gasteiger partial charge in [-0.1, -0.05) is 0 Å². The molecular formula is C14H22N6O12P3+. The molecule has 1 aliphatic carbocycles. The molecule has 0 spiro atoms. The maximum Gasteiger partial charge on any atom is 0.490 e. The minimum Gasteiger partial charge on any atom is -0.390 e. The molecule has 3 heterocycles. The third-order valence-corrected chi connectivity index (χ3v) is 9.26. The summed E-state index contributed by atoms with van der Waals surface area (Å²) in [6.45, 7) is 1.03. The van der Waals surface area contributed by atoms with Gasteiger partial charge in [0.15, 0.2) is 6.33 Å². The zero-order valence-electron chi connectivity index (χ0n) is 18.0. The molecule has 0 amide bonds. The second-order valence-corrected chi connectivity index (χ2v) is 12.3. The van der Waals surface area contributed by atoms with Crippen LogP contribution in [-0.4, -0.2) is 76.0 Å². The van der Waals surface area contributed by atoms with E-state index in [-0.39, 0.29) is 6.42 Å². The Bertz CT molecular complexity index is 1330. The number of aromatic nitrogens is 4. The number of nitrogens with zero attached hydrogens (tertiary/aromatic N) is 6. The van der Waals surface area contributed by atoms with Crippen LogP contribution in [0.4, 0.5) is 5.82 Å². The van der Waals surface area contributed by atoms with E-state index in [0.717, 1.165) is 0 Å². The summed E-state index contributed by atoms with van der Waals surface area (Å²) in [6.07, 6.45) is 0.160. The monoisotopic (exact) mass is 559 g/mol. The van der Waals surface area contributed by atoms with Gasteiger partial charge in [-0.3, -0.25) is 4.52 Å². The van der Waals surface area contributed by atoms with Gasteiger partial charge in [0.25, 0.3) is 5.84 Å². The summed E-state index contributed by atoms with van der Waals surface area (Å²) in [6, 6.07) is -0.762. The number of hydrazone groups is 1. The van der Waals surface area contributed by atoms with Crippen molar-refractivity contribution in [1.82, 2.24) is 14.5 Å². The molecule has 194 valence electrons. The van der Waals surface area contributed by atoms with Gasteiger partial charge in [-0.15, -0.1) is 0 Å². The molecule has 0 aromatic carbocycles. The second-order valence-electron chi connectivity index (χ2n) is 7.86. The van der Waals surface area contributed by atoms with Gasteiger partial charge in [-0.2, -0.15) is 18.2 Å². The molecular weight excluding hydrogens is 537 g/mol. The van der Waals surface area contributed by atoms with Crippen LogP contribution in [0.25, 0.3) is 11.2 Å². The van der Waals surface area contributed by atoms with Crippen LogP contribution >= 0.6 is 23.5 Å². The van der Waals surface area contributed by atoms with Gasteiger partial charge >= 0.3 is 23.5 Å². The van der Waals surface area contributed by atoms with Crippen LogP contribution in [0.15, 0.2) is 17.8 Å². The van der Waals surface area contributed by atoms with Crippen molar-refractivity contribution in [1.29, 1.82) is 0 Å². The molecule has 21 heteroatoms. The predicted octanol–water partition coefficient (Wildman–Crippen LogP) is -1.02. The van der Waals surface area contributed by atoms with Crippen LogP contribution in [0.1, 0.15) is 19.4 Å². The highest BCUT2D eigenvalue weighted by molar-refractivity contribution is 7.66. The first-order valence-electron chi connectivity index (χ1n) is 9.79. The van der Waals surface area contributed by atoms with Crippen LogP contribution in [0.2, 0.25) is 0 Å². The Morgan fingerprint density at radius 2 is 1.77 bits per heavy atom. The van der Waals surface area contributed by atoms with Gasteiger partial charge in [0.1, 0.15) is 18.5 Å². The van der Waals surface area contributed by atoms with Gasteiger partial charge < -0.3 is 29.8 Å². The first-order valence-corrected chi connectivity index (χ1v) is 14.3. The lowest BCUT2D eigenvalue weighted by Crippen LogP contribution is -2.45. The highest BCUT2D eigenvalue weighted by Gasteiger charge is 2.48. The van der Waals surface area contributed by atoms with E-state index in [4.69, 9.17) is 9.79 Å². The fourth-order valence-corrected chi connectivity index (χ4v) is 7.15. The van der Waals surface area contributed by atoms with E-state index >= 15 is 0 Å². The first kappa shape index (κ1) is 26.4. The van der Waals surface area contributed by atoms with Gasteiger partial charge in [0, 0.05) is 19.9 Å². The van der Waals surface area contributed by atoms with Gasteiger partial charge in [-0.25, -0.2) is 28.2 Å². The molecule has 1 aliphatic heterocycles. The summed E-state index contributed by atoms with van der Waals surface area (Å²) in [5.41, 5.74) is 1.04. The number of hydrogen-bond acceptors (Lipinski definition) is 12. The van der Waals surface area contributed by atoms with Gasteiger partial charge in [0.05, 0.1) is 12.7 Å². The van der Waals surface area contributed by atoms with E-state index in [0.29, 0.717) is 22.8 Å². The second kappa shape index (κ2) is 9.03. The van der Waals surface area contributed by atoms with Crippen LogP contribution in [0, 0.1) is 5.92 Å². The fraction of sp³-hybridized carbons (Fsp3) is 0.571. The third kappa shape index (κ3) is 5.39. The molecule has 18 nitrogen and oxygen atoms in total. The largest absolute Gasteiger partial charge is 0.490 e. The zero-order chi connectivity index (χ0) is 25.9. The zero-order valence-corrected chi connectivity index (χ0v) is 20.7. The summed E-state index contributed by atoms with van der Waals surface area (Å²) < 4.78 is 49.5. The lowest BCUT2D eigenvalue weighted by atomic mass is 10.1. The molecule has 0 radical (unpaired) electrons. The average molecular weight is 559 g/mol. The van der Waals surface area contributed by atoms with Crippen molar-refractivity contribution in [2.75, 3.05) is 18.7 Å². The third-order valence-electron chi connectivity index (χ3n) is 5.46. The Balaban J connectivity index is 1.52. The highest BCUT2D eigenvalue weighted by Crippen LogP contribution is 2.66. The van der Waals surface area contributed by atoms with Gasteiger partial charge in [0.2, 0.25) is 17.0 Å². The lowest BCUT2D eigenvalue weighted by molar-refractivity contribution is -0.529. The molecule has 4 rings (SSSR count).